The van der Waals surface area contributed by atoms with Crippen molar-refractivity contribution in [2.45, 2.75) is 116 Å². The van der Waals surface area contributed by atoms with Crippen LogP contribution < -0.4 is 0 Å². The maximum absolute atomic E-state index is 10.7. The van der Waals surface area contributed by atoms with Crippen LogP contribution in [0.5, 0.6) is 0 Å². The van der Waals surface area contributed by atoms with E-state index in [0.717, 1.165) is 42.9 Å². The van der Waals surface area contributed by atoms with Crippen LogP contribution >= 0.6 is 0 Å². The molecule has 2 heteroatoms. The van der Waals surface area contributed by atoms with Gasteiger partial charge in [0, 0.05) is 0 Å². The van der Waals surface area contributed by atoms with E-state index in [4.69, 9.17) is 6.42 Å². The average molecular weight is 415 g/mol. The van der Waals surface area contributed by atoms with Crippen LogP contribution in [0.3, 0.4) is 0 Å². The monoisotopic (exact) mass is 414 g/mol. The minimum atomic E-state index is -0.958. The Morgan fingerprint density at radius 3 is 2.40 bits per heavy atom. The SMILES string of the molecule is C#C[C@@](C)(O)CC[C@@H](C)[C@H]1CC[C@H]2[C@@H]3CC[C@H]4C[C@@](C)(O)CC[C@]4(C)[C@H]3CC[C@]12C. The lowest BCUT2D eigenvalue weighted by Gasteiger charge is -2.62. The fraction of sp³-hybridized carbons (Fsp3) is 0.929. The molecule has 0 spiro atoms. The molecule has 0 aliphatic heterocycles. The fourth-order valence-electron chi connectivity index (χ4n) is 9.19. The average Bonchev–Trinajstić information content (AvgIpc) is 3.04. The number of terminal acetylenes is 1. The van der Waals surface area contributed by atoms with Crippen LogP contribution in [0.15, 0.2) is 0 Å². The van der Waals surface area contributed by atoms with Gasteiger partial charge in [-0.05, 0) is 131 Å². The van der Waals surface area contributed by atoms with Crippen molar-refractivity contribution in [3.63, 3.8) is 0 Å². The van der Waals surface area contributed by atoms with Gasteiger partial charge in [0.25, 0.3) is 0 Å². The Morgan fingerprint density at radius 1 is 1.00 bits per heavy atom. The summed E-state index contributed by atoms with van der Waals surface area (Å²) in [7, 11) is 0. The largest absolute Gasteiger partial charge is 0.390 e. The number of hydrogen-bond acceptors (Lipinski definition) is 2. The van der Waals surface area contributed by atoms with E-state index in [1.165, 1.54) is 44.9 Å². The van der Waals surface area contributed by atoms with Crippen molar-refractivity contribution in [2.24, 2.45) is 46.3 Å². The normalized spacial score (nSPS) is 51.1. The Balaban J connectivity index is 1.48. The van der Waals surface area contributed by atoms with Crippen molar-refractivity contribution in [1.29, 1.82) is 0 Å². The number of aliphatic hydroxyl groups is 2. The fourth-order valence-corrected chi connectivity index (χ4v) is 9.19. The van der Waals surface area contributed by atoms with Crippen molar-refractivity contribution >= 4 is 0 Å². The van der Waals surface area contributed by atoms with Crippen molar-refractivity contribution < 1.29 is 10.2 Å². The lowest BCUT2D eigenvalue weighted by molar-refractivity contribution is -0.148. The highest BCUT2D eigenvalue weighted by atomic mass is 16.3. The molecule has 0 saturated heterocycles. The molecular formula is C28H46O2. The molecule has 0 aromatic heterocycles. The summed E-state index contributed by atoms with van der Waals surface area (Å²) in [5.74, 6) is 7.31. The maximum Gasteiger partial charge on any atom is 0.122 e. The van der Waals surface area contributed by atoms with Crippen LogP contribution in [0, 0.1) is 58.7 Å². The first-order valence-corrected chi connectivity index (χ1v) is 12.8. The third-order valence-corrected chi connectivity index (χ3v) is 11.1. The molecule has 4 aliphatic rings. The van der Waals surface area contributed by atoms with E-state index in [-0.39, 0.29) is 0 Å². The van der Waals surface area contributed by atoms with E-state index in [1.54, 1.807) is 6.92 Å². The molecule has 4 aliphatic carbocycles. The summed E-state index contributed by atoms with van der Waals surface area (Å²) < 4.78 is 0. The molecule has 0 aromatic rings. The highest BCUT2D eigenvalue weighted by Crippen LogP contribution is 2.68. The Morgan fingerprint density at radius 2 is 1.70 bits per heavy atom. The van der Waals surface area contributed by atoms with E-state index in [0.29, 0.717) is 29.1 Å². The van der Waals surface area contributed by atoms with Crippen LogP contribution in [0.1, 0.15) is 105 Å². The molecule has 30 heavy (non-hydrogen) atoms. The van der Waals surface area contributed by atoms with Gasteiger partial charge in [-0.15, -0.1) is 6.42 Å². The molecule has 4 saturated carbocycles. The van der Waals surface area contributed by atoms with Gasteiger partial charge in [0.1, 0.15) is 5.60 Å². The lowest BCUT2D eigenvalue weighted by atomic mass is 9.43. The van der Waals surface area contributed by atoms with Crippen LogP contribution in [-0.4, -0.2) is 21.4 Å². The summed E-state index contributed by atoms with van der Waals surface area (Å²) in [6.07, 6.45) is 18.7. The van der Waals surface area contributed by atoms with E-state index >= 15 is 0 Å². The van der Waals surface area contributed by atoms with Gasteiger partial charge in [-0.1, -0.05) is 26.7 Å². The van der Waals surface area contributed by atoms with Gasteiger partial charge in [-0.2, -0.15) is 0 Å². The molecule has 4 fully saturated rings. The zero-order chi connectivity index (χ0) is 21.9. The second kappa shape index (κ2) is 7.52. The van der Waals surface area contributed by atoms with Crippen molar-refractivity contribution in [3.8, 4) is 12.3 Å². The van der Waals surface area contributed by atoms with Gasteiger partial charge in [0.05, 0.1) is 5.60 Å². The van der Waals surface area contributed by atoms with Crippen molar-refractivity contribution in [1.82, 2.24) is 0 Å². The zero-order valence-corrected chi connectivity index (χ0v) is 20.2. The lowest BCUT2D eigenvalue weighted by Crippen LogP contribution is -2.55. The maximum atomic E-state index is 10.7. The first-order chi connectivity index (χ1) is 13.9. The van der Waals surface area contributed by atoms with Crippen LogP contribution in [-0.2, 0) is 0 Å². The summed E-state index contributed by atoms with van der Waals surface area (Å²) in [4.78, 5) is 0. The molecular weight excluding hydrogens is 368 g/mol. The standard InChI is InChI=1S/C28H46O2/c1-7-25(3,29)14-12-19(2)22-10-11-23-21-9-8-20-18-26(4,30)16-17-27(20,5)24(21)13-15-28(22,23)6/h1,19-24,29-30H,8-18H2,2-6H3/t19-,20+,21+,22-,23+,24+,25-,26+,27+,28-/m1/s1. The molecule has 0 amide bonds. The van der Waals surface area contributed by atoms with Gasteiger partial charge in [0.2, 0.25) is 0 Å². The predicted molar refractivity (Wildman–Crippen MR) is 124 cm³/mol. The van der Waals surface area contributed by atoms with Gasteiger partial charge < -0.3 is 10.2 Å². The molecule has 0 unspecified atom stereocenters. The topological polar surface area (TPSA) is 40.5 Å². The number of fused-ring (bicyclic) bond motifs is 5. The quantitative estimate of drug-likeness (QED) is 0.538. The molecule has 10 atom stereocenters. The third-order valence-electron chi connectivity index (χ3n) is 11.1. The first-order valence-electron chi connectivity index (χ1n) is 12.8. The Kier molecular flexibility index (Phi) is 5.68. The first kappa shape index (κ1) is 22.7. The molecule has 4 rings (SSSR count). The minimum absolute atomic E-state index is 0.437. The van der Waals surface area contributed by atoms with E-state index in [2.05, 4.69) is 33.6 Å². The Bertz CT molecular complexity index is 687. The Hall–Kier alpha value is -0.520. The second-order valence-corrected chi connectivity index (χ2v) is 13.0. The van der Waals surface area contributed by atoms with Crippen LogP contribution in [0.25, 0.3) is 0 Å². The highest BCUT2D eigenvalue weighted by molar-refractivity contribution is 5.11. The van der Waals surface area contributed by atoms with Gasteiger partial charge >= 0.3 is 0 Å². The molecule has 2 N–H and O–H groups in total. The minimum Gasteiger partial charge on any atom is -0.390 e. The van der Waals surface area contributed by atoms with Crippen LogP contribution in [0.2, 0.25) is 0 Å². The molecule has 2 nitrogen and oxygen atoms in total. The van der Waals surface area contributed by atoms with Gasteiger partial charge in [0.15, 0.2) is 0 Å². The van der Waals surface area contributed by atoms with E-state index < -0.39 is 11.2 Å². The van der Waals surface area contributed by atoms with Crippen LogP contribution in [0.4, 0.5) is 0 Å². The van der Waals surface area contributed by atoms with E-state index in [9.17, 15) is 10.2 Å². The second-order valence-electron chi connectivity index (χ2n) is 13.0. The molecule has 170 valence electrons. The predicted octanol–water partition coefficient (Wildman–Crippen LogP) is 6.20. The third kappa shape index (κ3) is 3.67. The summed E-state index contributed by atoms with van der Waals surface area (Å²) >= 11 is 0. The zero-order valence-electron chi connectivity index (χ0n) is 20.2. The summed E-state index contributed by atoms with van der Waals surface area (Å²) in [5.41, 5.74) is -0.485. The summed E-state index contributed by atoms with van der Waals surface area (Å²) in [6.45, 7) is 11.5. The van der Waals surface area contributed by atoms with Crippen molar-refractivity contribution in [2.75, 3.05) is 0 Å². The number of rotatable bonds is 4. The van der Waals surface area contributed by atoms with Gasteiger partial charge in [-0.3, -0.25) is 0 Å². The number of hydrogen-bond donors (Lipinski definition) is 2. The summed E-state index contributed by atoms with van der Waals surface area (Å²) in [5, 5.41) is 21.0. The van der Waals surface area contributed by atoms with E-state index in [1.807, 2.05) is 0 Å². The Labute approximate surface area is 185 Å². The molecule has 0 radical (unpaired) electrons. The molecule has 0 aromatic carbocycles. The molecule has 0 bridgehead atoms. The molecule has 0 heterocycles. The smallest absolute Gasteiger partial charge is 0.122 e. The highest BCUT2D eigenvalue weighted by Gasteiger charge is 2.61. The van der Waals surface area contributed by atoms with Crippen molar-refractivity contribution in [3.05, 3.63) is 0 Å². The van der Waals surface area contributed by atoms with Gasteiger partial charge in [-0.25, -0.2) is 0 Å². The summed E-state index contributed by atoms with van der Waals surface area (Å²) in [6, 6.07) is 0.